The molecule has 0 aliphatic carbocycles. The van der Waals surface area contributed by atoms with Gasteiger partial charge in [-0.25, -0.2) is 0 Å². The van der Waals surface area contributed by atoms with Crippen LogP contribution in [0.5, 0.6) is 5.75 Å². The van der Waals surface area contributed by atoms with Gasteiger partial charge in [0, 0.05) is 5.56 Å². The maximum absolute atomic E-state index is 5.55. The number of nitrogens with zero attached hydrogens (tertiary/aromatic N) is 2. The highest BCUT2D eigenvalue weighted by Crippen LogP contribution is 2.35. The maximum atomic E-state index is 5.55. The Hall–Kier alpha value is -1.90. The zero-order valence-corrected chi connectivity index (χ0v) is 11.3. The van der Waals surface area contributed by atoms with E-state index in [1.165, 1.54) is 5.56 Å². The monoisotopic (exact) mass is 242 g/mol. The first-order chi connectivity index (χ1) is 8.63. The van der Waals surface area contributed by atoms with Crippen molar-refractivity contribution in [3.8, 4) is 17.0 Å². The van der Waals surface area contributed by atoms with Crippen LogP contribution in [0.2, 0.25) is 0 Å². The molecule has 0 amide bonds. The second-order valence-electron chi connectivity index (χ2n) is 4.64. The third-order valence-electron chi connectivity index (χ3n) is 2.95. The molecule has 0 N–H and O–H groups in total. The lowest BCUT2D eigenvalue weighted by atomic mass is 9.97. The molecule has 1 aromatic carbocycles. The van der Waals surface area contributed by atoms with Gasteiger partial charge in [0.05, 0.1) is 18.5 Å². The smallest absolute Gasteiger partial charge is 0.131 e. The average Bonchev–Trinajstić information content (AvgIpc) is 2.38. The van der Waals surface area contributed by atoms with Crippen LogP contribution in [0.25, 0.3) is 11.3 Å². The average molecular weight is 242 g/mol. The fraction of sp³-hybridized carbons (Fsp3) is 0.333. The Morgan fingerprint density at radius 1 is 1.06 bits per heavy atom. The predicted molar refractivity (Wildman–Crippen MR) is 72.8 cm³/mol. The van der Waals surface area contributed by atoms with E-state index < -0.39 is 0 Å². The summed E-state index contributed by atoms with van der Waals surface area (Å²) in [5.41, 5.74) is 3.95. The van der Waals surface area contributed by atoms with E-state index in [2.05, 4.69) is 30.1 Å². The summed E-state index contributed by atoms with van der Waals surface area (Å²) in [6, 6.07) is 10.1. The molecule has 94 valence electrons. The predicted octanol–water partition coefficient (Wildman–Crippen LogP) is 3.58. The normalized spacial score (nSPS) is 10.7. The topological polar surface area (TPSA) is 35.0 Å². The number of methoxy groups -OCH3 is 1. The van der Waals surface area contributed by atoms with Crippen molar-refractivity contribution in [2.75, 3.05) is 7.11 Å². The van der Waals surface area contributed by atoms with E-state index in [0.29, 0.717) is 5.92 Å². The molecule has 0 radical (unpaired) electrons. The van der Waals surface area contributed by atoms with Gasteiger partial charge in [-0.15, -0.1) is 0 Å². The summed E-state index contributed by atoms with van der Waals surface area (Å²) >= 11 is 0. The first-order valence-corrected chi connectivity index (χ1v) is 6.11. The van der Waals surface area contributed by atoms with Crippen molar-refractivity contribution in [3.63, 3.8) is 0 Å². The summed E-state index contributed by atoms with van der Waals surface area (Å²) < 4.78 is 5.55. The maximum Gasteiger partial charge on any atom is 0.131 e. The molecule has 3 heteroatoms. The lowest BCUT2D eigenvalue weighted by molar-refractivity contribution is 0.409. The van der Waals surface area contributed by atoms with Crippen molar-refractivity contribution in [3.05, 3.63) is 41.6 Å². The molecule has 0 aliphatic rings. The largest absolute Gasteiger partial charge is 0.496 e. The van der Waals surface area contributed by atoms with Crippen LogP contribution in [0.1, 0.15) is 31.0 Å². The van der Waals surface area contributed by atoms with Crippen molar-refractivity contribution in [1.82, 2.24) is 10.2 Å². The number of aryl methyl sites for hydroxylation is 1. The minimum atomic E-state index is 0.415. The van der Waals surface area contributed by atoms with Gasteiger partial charge in [0.1, 0.15) is 5.75 Å². The molecule has 18 heavy (non-hydrogen) atoms. The second kappa shape index (κ2) is 5.17. The van der Waals surface area contributed by atoms with Gasteiger partial charge in [0.15, 0.2) is 0 Å². The lowest BCUT2D eigenvalue weighted by Gasteiger charge is -2.15. The molecule has 0 fully saturated rings. The quantitative estimate of drug-likeness (QED) is 0.825. The van der Waals surface area contributed by atoms with E-state index >= 15 is 0 Å². The minimum absolute atomic E-state index is 0.415. The van der Waals surface area contributed by atoms with E-state index in [4.69, 9.17) is 4.74 Å². The van der Waals surface area contributed by atoms with Crippen LogP contribution in [0, 0.1) is 6.92 Å². The summed E-state index contributed by atoms with van der Waals surface area (Å²) in [6.07, 6.45) is 0. The van der Waals surface area contributed by atoms with E-state index in [9.17, 15) is 0 Å². The molecule has 3 nitrogen and oxygen atoms in total. The molecule has 0 spiro atoms. The highest BCUT2D eigenvalue weighted by Gasteiger charge is 2.14. The number of para-hydroxylation sites is 1. The molecule has 1 heterocycles. The van der Waals surface area contributed by atoms with Crippen LogP contribution in [0.4, 0.5) is 0 Å². The van der Waals surface area contributed by atoms with Crippen molar-refractivity contribution >= 4 is 0 Å². The van der Waals surface area contributed by atoms with Crippen LogP contribution in [-0.2, 0) is 0 Å². The van der Waals surface area contributed by atoms with Crippen molar-refractivity contribution in [2.45, 2.75) is 26.7 Å². The number of ether oxygens (including phenoxy) is 1. The van der Waals surface area contributed by atoms with E-state index in [1.54, 1.807) is 7.11 Å². The van der Waals surface area contributed by atoms with Gasteiger partial charge in [0.25, 0.3) is 0 Å². The van der Waals surface area contributed by atoms with Gasteiger partial charge in [0.2, 0.25) is 0 Å². The van der Waals surface area contributed by atoms with Gasteiger partial charge in [-0.2, -0.15) is 10.2 Å². The van der Waals surface area contributed by atoms with Crippen LogP contribution >= 0.6 is 0 Å². The molecule has 2 rings (SSSR count). The highest BCUT2D eigenvalue weighted by molar-refractivity contribution is 5.69. The van der Waals surface area contributed by atoms with Gasteiger partial charge >= 0.3 is 0 Å². The number of benzene rings is 1. The number of hydrogen-bond acceptors (Lipinski definition) is 3. The SMILES string of the molecule is COc1c(-c2ccc(C)nn2)cccc1C(C)C. The van der Waals surface area contributed by atoms with Crippen LogP contribution in [-0.4, -0.2) is 17.3 Å². The number of aromatic nitrogens is 2. The fourth-order valence-corrected chi connectivity index (χ4v) is 1.98. The van der Waals surface area contributed by atoms with Crippen molar-refractivity contribution < 1.29 is 4.74 Å². The summed E-state index contributed by atoms with van der Waals surface area (Å²) in [5, 5.41) is 8.33. The number of hydrogen-bond donors (Lipinski definition) is 0. The lowest BCUT2D eigenvalue weighted by Crippen LogP contribution is -1.98. The van der Waals surface area contributed by atoms with Gasteiger partial charge in [-0.1, -0.05) is 26.0 Å². The van der Waals surface area contributed by atoms with Crippen LogP contribution in [0.3, 0.4) is 0 Å². The third-order valence-corrected chi connectivity index (χ3v) is 2.95. The molecule has 0 bridgehead atoms. The van der Waals surface area contributed by atoms with Gasteiger partial charge < -0.3 is 4.74 Å². The van der Waals surface area contributed by atoms with Crippen LogP contribution < -0.4 is 4.74 Å². The van der Waals surface area contributed by atoms with E-state index in [-0.39, 0.29) is 0 Å². The summed E-state index contributed by atoms with van der Waals surface area (Å²) in [4.78, 5) is 0. The Kier molecular flexibility index (Phi) is 3.60. The summed E-state index contributed by atoms with van der Waals surface area (Å²) in [7, 11) is 1.70. The fourth-order valence-electron chi connectivity index (χ4n) is 1.98. The molecule has 0 saturated carbocycles. The molecule has 0 atom stereocenters. The molecular weight excluding hydrogens is 224 g/mol. The number of rotatable bonds is 3. The molecule has 0 saturated heterocycles. The Bertz CT molecular complexity index is 533. The Labute approximate surface area is 108 Å². The molecular formula is C15H18N2O. The molecule has 2 aromatic rings. The Balaban J connectivity index is 2.57. The first-order valence-electron chi connectivity index (χ1n) is 6.11. The molecule has 0 aliphatic heterocycles. The zero-order valence-electron chi connectivity index (χ0n) is 11.3. The summed E-state index contributed by atoms with van der Waals surface area (Å²) in [5.74, 6) is 1.31. The van der Waals surface area contributed by atoms with Crippen LogP contribution in [0.15, 0.2) is 30.3 Å². The van der Waals surface area contributed by atoms with Gasteiger partial charge in [-0.05, 0) is 36.6 Å². The Morgan fingerprint density at radius 2 is 1.83 bits per heavy atom. The summed E-state index contributed by atoms with van der Waals surface area (Å²) in [6.45, 7) is 6.24. The first kappa shape index (κ1) is 12.6. The van der Waals surface area contributed by atoms with E-state index in [0.717, 1.165) is 22.7 Å². The highest BCUT2D eigenvalue weighted by atomic mass is 16.5. The zero-order chi connectivity index (χ0) is 13.1. The standard InChI is InChI=1S/C15H18N2O/c1-10(2)12-6-5-7-13(15(12)18-4)14-9-8-11(3)16-17-14/h5-10H,1-4H3. The second-order valence-corrected chi connectivity index (χ2v) is 4.64. The van der Waals surface area contributed by atoms with Gasteiger partial charge in [-0.3, -0.25) is 0 Å². The minimum Gasteiger partial charge on any atom is -0.496 e. The Morgan fingerprint density at radius 3 is 2.39 bits per heavy atom. The molecule has 0 unspecified atom stereocenters. The van der Waals surface area contributed by atoms with Crippen molar-refractivity contribution in [1.29, 1.82) is 0 Å². The van der Waals surface area contributed by atoms with E-state index in [1.807, 2.05) is 31.2 Å². The molecule has 1 aromatic heterocycles. The van der Waals surface area contributed by atoms with Crippen molar-refractivity contribution in [2.24, 2.45) is 0 Å². The third kappa shape index (κ3) is 2.35.